The lowest BCUT2D eigenvalue weighted by molar-refractivity contribution is -0.119. The van der Waals surface area contributed by atoms with E-state index in [0.717, 1.165) is 42.4 Å². The molecule has 0 bridgehead atoms. The Hall–Kier alpha value is -2.91. The Morgan fingerprint density at radius 2 is 2.05 bits per heavy atom. The summed E-state index contributed by atoms with van der Waals surface area (Å²) in [6.45, 7) is 11.9. The van der Waals surface area contributed by atoms with Crippen LogP contribution < -0.4 is 5.32 Å². The third-order valence-electron chi connectivity index (χ3n) is 7.38. The van der Waals surface area contributed by atoms with Gasteiger partial charge in [0.2, 0.25) is 5.91 Å². The number of nitrogens with one attached hydrogen (secondary N) is 1. The molecule has 2 amide bonds. The van der Waals surface area contributed by atoms with Crippen LogP contribution in [0.15, 0.2) is 36.8 Å². The quantitative estimate of drug-likeness (QED) is 0.324. The second-order valence-corrected chi connectivity index (χ2v) is 12.1. The van der Waals surface area contributed by atoms with Crippen molar-refractivity contribution in [1.82, 2.24) is 24.7 Å². The zero-order chi connectivity index (χ0) is 27.8. The number of aromatic nitrogens is 2. The topological polar surface area (TPSA) is 70.5 Å². The van der Waals surface area contributed by atoms with E-state index in [2.05, 4.69) is 34.0 Å². The van der Waals surface area contributed by atoms with Gasteiger partial charge < -0.3 is 14.8 Å². The highest BCUT2D eigenvalue weighted by molar-refractivity contribution is 7.81. The lowest BCUT2D eigenvalue weighted by atomic mass is 9.97. The molecule has 1 aliphatic heterocycles. The average molecular weight is 540 g/mol. The first-order valence-electron chi connectivity index (χ1n) is 13.1. The van der Waals surface area contributed by atoms with Gasteiger partial charge in [0.25, 0.3) is 5.91 Å². The van der Waals surface area contributed by atoms with Gasteiger partial charge in [0.05, 0.1) is 27.8 Å². The van der Waals surface area contributed by atoms with E-state index < -0.39 is 10.7 Å². The molecule has 1 saturated heterocycles. The van der Waals surface area contributed by atoms with E-state index in [9.17, 15) is 14.0 Å². The molecule has 0 radical (unpaired) electrons. The minimum absolute atomic E-state index is 0.0189. The molecule has 2 atom stereocenters. The Morgan fingerprint density at radius 1 is 1.32 bits per heavy atom. The number of benzene rings is 1. The lowest BCUT2D eigenvalue weighted by Crippen LogP contribution is -2.48. The van der Waals surface area contributed by atoms with Crippen molar-refractivity contribution in [2.24, 2.45) is 5.92 Å². The fraction of sp³-hybridized carbons (Fsp3) is 0.483. The van der Waals surface area contributed by atoms with E-state index in [1.54, 1.807) is 18.0 Å². The van der Waals surface area contributed by atoms with Gasteiger partial charge in [0.1, 0.15) is 5.82 Å². The van der Waals surface area contributed by atoms with Crippen molar-refractivity contribution in [2.45, 2.75) is 58.4 Å². The molecule has 1 aromatic carbocycles. The minimum atomic E-state index is -0.590. The molecule has 1 aliphatic rings. The van der Waals surface area contributed by atoms with Gasteiger partial charge in [-0.05, 0) is 82.3 Å². The standard InChI is InChI=1S/C29H38FN5O2S/c1-18(2)33(6)28(37)24-12-23(30)7-8-25(24)35-16-22(27-19(3)13-31-14-26(27)35)11-21-9-10-34(15-21)17-29(5,38)32-20(4)36/h7-8,12-14,16,18,21,38H,9-11,15,17H2,1-6H3,(H,32,36)/t21-,29?/m1/s1. The van der Waals surface area contributed by atoms with Gasteiger partial charge in [-0.15, -0.1) is 0 Å². The number of carbonyl (C=O) groups is 2. The zero-order valence-electron chi connectivity index (χ0n) is 23.1. The van der Waals surface area contributed by atoms with Crippen LogP contribution in [0.1, 0.15) is 55.6 Å². The fourth-order valence-corrected chi connectivity index (χ4v) is 5.86. The molecular formula is C29H38FN5O2S. The highest BCUT2D eigenvalue weighted by Gasteiger charge is 2.30. The fourth-order valence-electron chi connectivity index (χ4n) is 5.50. The number of amides is 2. The van der Waals surface area contributed by atoms with Gasteiger partial charge in [-0.25, -0.2) is 4.39 Å². The van der Waals surface area contributed by atoms with Crippen LogP contribution in [0.4, 0.5) is 4.39 Å². The summed E-state index contributed by atoms with van der Waals surface area (Å²) in [5.41, 5.74) is 4.11. The van der Waals surface area contributed by atoms with Gasteiger partial charge in [0.15, 0.2) is 0 Å². The van der Waals surface area contributed by atoms with Crippen LogP contribution in [0.2, 0.25) is 0 Å². The van der Waals surface area contributed by atoms with Crippen LogP contribution >= 0.6 is 12.6 Å². The Labute approximate surface area is 229 Å². The van der Waals surface area contributed by atoms with Crippen molar-refractivity contribution >= 4 is 35.3 Å². The molecule has 0 spiro atoms. The van der Waals surface area contributed by atoms with E-state index in [0.29, 0.717) is 23.7 Å². The molecular weight excluding hydrogens is 501 g/mol. The number of carbonyl (C=O) groups excluding carboxylic acids is 2. The molecule has 7 nitrogen and oxygen atoms in total. The Morgan fingerprint density at radius 3 is 2.74 bits per heavy atom. The summed E-state index contributed by atoms with van der Waals surface area (Å²) in [4.78, 5) is 32.7. The van der Waals surface area contributed by atoms with Crippen molar-refractivity contribution in [2.75, 3.05) is 26.7 Å². The molecule has 0 saturated carbocycles. The summed E-state index contributed by atoms with van der Waals surface area (Å²) in [5, 5.41) is 4.03. The van der Waals surface area contributed by atoms with E-state index in [1.807, 2.05) is 44.7 Å². The van der Waals surface area contributed by atoms with E-state index >= 15 is 0 Å². The molecule has 0 aliphatic carbocycles. The predicted molar refractivity (Wildman–Crippen MR) is 152 cm³/mol. The summed E-state index contributed by atoms with van der Waals surface area (Å²) in [6, 6.07) is 4.38. The molecule has 204 valence electrons. The summed E-state index contributed by atoms with van der Waals surface area (Å²) < 4.78 is 16.3. The molecule has 38 heavy (non-hydrogen) atoms. The molecule has 3 heterocycles. The van der Waals surface area contributed by atoms with Crippen LogP contribution in [0.25, 0.3) is 16.6 Å². The minimum Gasteiger partial charge on any atom is -0.341 e. The number of pyridine rings is 1. The van der Waals surface area contributed by atoms with Crippen LogP contribution in [-0.2, 0) is 11.2 Å². The van der Waals surface area contributed by atoms with E-state index in [4.69, 9.17) is 0 Å². The van der Waals surface area contributed by atoms with Crippen molar-refractivity contribution in [3.05, 3.63) is 59.3 Å². The van der Waals surface area contributed by atoms with E-state index in [1.165, 1.54) is 24.6 Å². The number of fused-ring (bicyclic) bond motifs is 1. The van der Waals surface area contributed by atoms with Crippen LogP contribution in [0, 0.1) is 18.7 Å². The van der Waals surface area contributed by atoms with Crippen LogP contribution in [-0.4, -0.2) is 68.8 Å². The third kappa shape index (κ3) is 6.04. The number of hydrogen-bond acceptors (Lipinski definition) is 5. The molecule has 1 unspecified atom stereocenters. The lowest BCUT2D eigenvalue weighted by Gasteiger charge is -2.30. The Balaban J connectivity index is 1.67. The number of hydrogen-bond donors (Lipinski definition) is 2. The van der Waals surface area contributed by atoms with Crippen molar-refractivity contribution in [3.63, 3.8) is 0 Å². The second kappa shape index (κ2) is 11.1. The zero-order valence-corrected chi connectivity index (χ0v) is 24.0. The smallest absolute Gasteiger partial charge is 0.256 e. The van der Waals surface area contributed by atoms with Gasteiger partial charge in [-0.2, -0.15) is 12.6 Å². The second-order valence-electron chi connectivity index (χ2n) is 11.1. The third-order valence-corrected chi connectivity index (χ3v) is 7.63. The number of rotatable bonds is 8. The normalized spacial score (nSPS) is 17.7. The predicted octanol–water partition coefficient (Wildman–Crippen LogP) is 4.60. The molecule has 2 aromatic heterocycles. The van der Waals surface area contributed by atoms with Gasteiger partial charge in [0, 0.05) is 50.9 Å². The maximum Gasteiger partial charge on any atom is 0.256 e. The first kappa shape index (κ1) is 28.1. The monoisotopic (exact) mass is 539 g/mol. The maximum absolute atomic E-state index is 14.3. The summed E-state index contributed by atoms with van der Waals surface area (Å²) in [6.07, 6.45) is 7.67. The number of aryl methyl sites for hydroxylation is 1. The van der Waals surface area contributed by atoms with Crippen molar-refractivity contribution in [3.8, 4) is 5.69 Å². The van der Waals surface area contributed by atoms with Gasteiger partial charge >= 0.3 is 0 Å². The summed E-state index contributed by atoms with van der Waals surface area (Å²) in [7, 11) is 1.74. The highest BCUT2D eigenvalue weighted by atomic mass is 32.1. The van der Waals surface area contributed by atoms with Crippen LogP contribution in [0.3, 0.4) is 0 Å². The van der Waals surface area contributed by atoms with Crippen molar-refractivity contribution in [1.29, 1.82) is 0 Å². The molecule has 9 heteroatoms. The average Bonchev–Trinajstić information content (AvgIpc) is 3.41. The largest absolute Gasteiger partial charge is 0.341 e. The molecule has 1 fully saturated rings. The highest BCUT2D eigenvalue weighted by Crippen LogP contribution is 2.33. The first-order chi connectivity index (χ1) is 17.9. The Kier molecular flexibility index (Phi) is 8.18. The van der Waals surface area contributed by atoms with Crippen LogP contribution in [0.5, 0.6) is 0 Å². The number of thiol groups is 1. The van der Waals surface area contributed by atoms with Gasteiger partial charge in [-0.3, -0.25) is 19.5 Å². The number of halogens is 1. The van der Waals surface area contributed by atoms with Gasteiger partial charge in [-0.1, -0.05) is 0 Å². The SMILES string of the molecule is CC(=O)NC(C)(S)CN1CC[C@H](Cc2cn(-c3ccc(F)cc3C(=O)N(C)C(C)C)c3cncc(C)c23)C1. The Bertz CT molecular complexity index is 1350. The summed E-state index contributed by atoms with van der Waals surface area (Å²) in [5.74, 6) is -0.321. The summed E-state index contributed by atoms with van der Waals surface area (Å²) >= 11 is 4.65. The molecule has 4 rings (SSSR count). The van der Waals surface area contributed by atoms with Crippen molar-refractivity contribution < 1.29 is 14.0 Å². The maximum atomic E-state index is 14.3. The number of likely N-dealkylation sites (tertiary alicyclic amines) is 1. The molecule has 1 N–H and O–H groups in total. The van der Waals surface area contributed by atoms with E-state index in [-0.39, 0.29) is 17.9 Å². The first-order valence-corrected chi connectivity index (χ1v) is 13.6. The number of nitrogens with zero attached hydrogens (tertiary/aromatic N) is 4. The molecule has 3 aromatic rings.